The lowest BCUT2D eigenvalue weighted by Gasteiger charge is -2.30. The lowest BCUT2D eigenvalue weighted by molar-refractivity contribution is -0.137. The fourth-order valence-electron chi connectivity index (χ4n) is 2.70. The number of halogens is 5. The van der Waals surface area contributed by atoms with E-state index in [1.807, 2.05) is 4.90 Å². The van der Waals surface area contributed by atoms with Gasteiger partial charge in [0.2, 0.25) is 0 Å². The molecule has 1 fully saturated rings. The zero-order chi connectivity index (χ0) is 19.6. The highest BCUT2D eigenvalue weighted by Gasteiger charge is 2.31. The van der Waals surface area contributed by atoms with E-state index in [4.69, 9.17) is 16.3 Å². The van der Waals surface area contributed by atoms with Gasteiger partial charge in [-0.15, -0.1) is 0 Å². The third kappa shape index (κ3) is 4.75. The van der Waals surface area contributed by atoms with E-state index in [2.05, 4.69) is 20.9 Å². The van der Waals surface area contributed by atoms with E-state index in [9.17, 15) is 18.3 Å². The van der Waals surface area contributed by atoms with E-state index in [1.54, 1.807) is 6.07 Å². The van der Waals surface area contributed by atoms with E-state index in [0.717, 1.165) is 12.1 Å². The molecule has 1 N–H and O–H groups in total. The summed E-state index contributed by atoms with van der Waals surface area (Å²) in [5.74, 6) is -0.191. The molecular weight excluding hydrogens is 449 g/mol. The first-order valence-corrected chi connectivity index (χ1v) is 9.19. The van der Waals surface area contributed by atoms with Gasteiger partial charge in [0, 0.05) is 29.3 Å². The summed E-state index contributed by atoms with van der Waals surface area (Å²) in [6, 6.07) is 6.54. The van der Waals surface area contributed by atoms with Crippen molar-refractivity contribution in [3.05, 3.63) is 51.0 Å². The summed E-state index contributed by atoms with van der Waals surface area (Å²) in [5.41, 5.74) is 0.230. The van der Waals surface area contributed by atoms with E-state index in [1.165, 1.54) is 18.3 Å². The molecular formula is C18H15BrClF3N2O2. The van der Waals surface area contributed by atoms with Crippen LogP contribution < -0.4 is 4.90 Å². The van der Waals surface area contributed by atoms with Gasteiger partial charge < -0.3 is 14.7 Å². The first kappa shape index (κ1) is 20.0. The van der Waals surface area contributed by atoms with Gasteiger partial charge in [-0.05, 0) is 30.3 Å². The number of anilines is 1. The topological polar surface area (TPSA) is 45.1 Å². The molecule has 9 heteroatoms. The largest absolute Gasteiger partial charge is 0.506 e. The molecule has 0 spiro atoms. The molecule has 0 radical (unpaired) electrons. The second-order valence-electron chi connectivity index (χ2n) is 5.88. The van der Waals surface area contributed by atoms with Crippen molar-refractivity contribution in [3.63, 3.8) is 0 Å². The third-order valence-corrected chi connectivity index (χ3v) is 4.80. The molecule has 1 heterocycles. The molecule has 27 heavy (non-hydrogen) atoms. The number of nitrogens with zero attached hydrogens (tertiary/aromatic N) is 2. The van der Waals surface area contributed by atoms with Crippen LogP contribution in [0.3, 0.4) is 0 Å². The number of ether oxygens (including phenoxy) is 1. The van der Waals surface area contributed by atoms with Gasteiger partial charge in [-0.1, -0.05) is 27.5 Å². The van der Waals surface area contributed by atoms with Gasteiger partial charge in [0.15, 0.2) is 0 Å². The van der Waals surface area contributed by atoms with Gasteiger partial charge in [0.05, 0.1) is 35.2 Å². The molecule has 1 saturated heterocycles. The van der Waals surface area contributed by atoms with E-state index < -0.39 is 11.7 Å². The van der Waals surface area contributed by atoms with E-state index in [-0.39, 0.29) is 16.5 Å². The summed E-state index contributed by atoms with van der Waals surface area (Å²) in [4.78, 5) is 6.14. The first-order valence-electron chi connectivity index (χ1n) is 8.02. The lowest BCUT2D eigenvalue weighted by Crippen LogP contribution is -2.36. The van der Waals surface area contributed by atoms with Crippen LogP contribution in [0.15, 0.2) is 39.8 Å². The lowest BCUT2D eigenvalue weighted by atomic mass is 10.1. The molecule has 0 atom stereocenters. The maximum absolute atomic E-state index is 13.1. The van der Waals surface area contributed by atoms with Crippen LogP contribution in [0.5, 0.6) is 5.75 Å². The van der Waals surface area contributed by atoms with E-state index in [0.29, 0.717) is 42.0 Å². The molecule has 1 aliphatic rings. The van der Waals surface area contributed by atoms with Crippen molar-refractivity contribution in [2.24, 2.45) is 4.99 Å². The summed E-state index contributed by atoms with van der Waals surface area (Å²) in [5, 5.41) is 10.2. The van der Waals surface area contributed by atoms with Gasteiger partial charge in [-0.25, -0.2) is 0 Å². The average Bonchev–Trinajstić information content (AvgIpc) is 2.63. The van der Waals surface area contributed by atoms with Crippen LogP contribution in [0, 0.1) is 0 Å². The monoisotopic (exact) mass is 462 g/mol. The third-order valence-electron chi connectivity index (χ3n) is 4.05. The number of phenols is 1. The molecule has 144 valence electrons. The number of benzene rings is 2. The second-order valence-corrected chi connectivity index (χ2v) is 7.21. The molecule has 4 nitrogen and oxygen atoms in total. The molecule has 0 aliphatic carbocycles. The zero-order valence-corrected chi connectivity index (χ0v) is 16.3. The minimum absolute atomic E-state index is 0.114. The quantitative estimate of drug-likeness (QED) is 0.619. The molecule has 0 bridgehead atoms. The number of phenolic OH excluding ortho intramolecular Hbond substituents is 1. The Bertz CT molecular complexity index is 868. The highest BCUT2D eigenvalue weighted by Crippen LogP contribution is 2.37. The molecule has 2 aromatic rings. The summed E-state index contributed by atoms with van der Waals surface area (Å²) < 4.78 is 45.3. The van der Waals surface area contributed by atoms with Crippen molar-refractivity contribution < 1.29 is 23.0 Å². The highest BCUT2D eigenvalue weighted by molar-refractivity contribution is 9.10. The van der Waals surface area contributed by atoms with Gasteiger partial charge in [-0.3, -0.25) is 4.99 Å². The van der Waals surface area contributed by atoms with Crippen LogP contribution in [0.2, 0.25) is 5.02 Å². The minimum atomic E-state index is -4.48. The van der Waals surface area contributed by atoms with Crippen LogP contribution in [-0.2, 0) is 10.9 Å². The predicted molar refractivity (Wildman–Crippen MR) is 103 cm³/mol. The second kappa shape index (κ2) is 8.08. The molecule has 0 saturated carbocycles. The fraction of sp³-hybridized carbons (Fsp3) is 0.278. The summed E-state index contributed by atoms with van der Waals surface area (Å²) in [7, 11) is 0. The molecule has 2 aromatic carbocycles. The molecule has 0 amide bonds. The first-order chi connectivity index (χ1) is 12.8. The SMILES string of the molecule is Oc1c(Cl)cc(Br)cc1C=Nc1cc(C(F)(F)F)ccc1N1CCOCC1. The number of morpholine rings is 1. The number of rotatable bonds is 3. The Morgan fingerprint density at radius 1 is 1.19 bits per heavy atom. The number of hydrogen-bond donors (Lipinski definition) is 1. The number of alkyl halides is 3. The van der Waals surface area contributed by atoms with Crippen LogP contribution >= 0.6 is 27.5 Å². The summed E-state index contributed by atoms with van der Waals surface area (Å²) in [6.45, 7) is 2.10. The number of aliphatic imine (C=N–C) groups is 1. The van der Waals surface area contributed by atoms with Gasteiger partial charge in [0.1, 0.15) is 5.75 Å². The average molecular weight is 464 g/mol. The van der Waals surface area contributed by atoms with Crippen molar-refractivity contribution in [2.75, 3.05) is 31.2 Å². The van der Waals surface area contributed by atoms with Crippen LogP contribution in [-0.4, -0.2) is 37.6 Å². The Balaban J connectivity index is 2.03. The maximum Gasteiger partial charge on any atom is 0.416 e. The standard InChI is InChI=1S/C18H15BrClF3N2O2/c19-13-7-11(17(26)14(20)9-13)10-24-15-8-12(18(21,22)23)1-2-16(15)25-3-5-27-6-4-25/h1-2,7-10,26H,3-6H2. The van der Waals surface area contributed by atoms with E-state index >= 15 is 0 Å². The van der Waals surface area contributed by atoms with Gasteiger partial charge >= 0.3 is 6.18 Å². The summed E-state index contributed by atoms with van der Waals surface area (Å²) >= 11 is 9.19. The normalized spacial score (nSPS) is 15.5. The van der Waals surface area contributed by atoms with Gasteiger partial charge in [0.25, 0.3) is 0 Å². The van der Waals surface area contributed by atoms with Crippen molar-refractivity contribution in [3.8, 4) is 5.75 Å². The van der Waals surface area contributed by atoms with Crippen LogP contribution in [0.4, 0.5) is 24.5 Å². The van der Waals surface area contributed by atoms with Crippen LogP contribution in [0.25, 0.3) is 0 Å². The Labute approximate surface area is 167 Å². The minimum Gasteiger partial charge on any atom is -0.506 e. The molecule has 1 aliphatic heterocycles. The smallest absolute Gasteiger partial charge is 0.416 e. The van der Waals surface area contributed by atoms with Crippen molar-refractivity contribution >= 4 is 45.1 Å². The number of hydrogen-bond acceptors (Lipinski definition) is 4. The number of aromatic hydroxyl groups is 1. The predicted octanol–water partition coefficient (Wildman–Crippen LogP) is 5.41. The highest BCUT2D eigenvalue weighted by atomic mass is 79.9. The Morgan fingerprint density at radius 2 is 1.89 bits per heavy atom. The van der Waals surface area contributed by atoms with Gasteiger partial charge in [-0.2, -0.15) is 13.2 Å². The fourth-order valence-corrected chi connectivity index (χ4v) is 3.53. The molecule has 3 rings (SSSR count). The Kier molecular flexibility index (Phi) is 5.98. The van der Waals surface area contributed by atoms with Crippen molar-refractivity contribution in [1.82, 2.24) is 0 Å². The Hall–Kier alpha value is -1.77. The van der Waals surface area contributed by atoms with Crippen LogP contribution in [0.1, 0.15) is 11.1 Å². The maximum atomic E-state index is 13.1. The summed E-state index contributed by atoms with van der Waals surface area (Å²) in [6.07, 6.45) is -3.18. The van der Waals surface area contributed by atoms with Crippen molar-refractivity contribution in [1.29, 1.82) is 0 Å². The Morgan fingerprint density at radius 3 is 2.56 bits per heavy atom. The zero-order valence-electron chi connectivity index (χ0n) is 13.9. The molecule has 0 aromatic heterocycles. The molecule has 0 unspecified atom stereocenters. The van der Waals surface area contributed by atoms with Crippen molar-refractivity contribution in [2.45, 2.75) is 6.18 Å².